The van der Waals surface area contributed by atoms with Crippen LogP contribution in [0.2, 0.25) is 0 Å². The smallest absolute Gasteiger partial charge is 0.179 e. The molecule has 1 aliphatic rings. The first kappa shape index (κ1) is 15.2. The van der Waals surface area contributed by atoms with E-state index in [1.165, 1.54) is 5.56 Å². The molecule has 1 N–H and O–H groups in total. The lowest BCUT2D eigenvalue weighted by Gasteiger charge is -2.30. The number of ketones is 1. The number of aliphatic hydroxyl groups is 1. The summed E-state index contributed by atoms with van der Waals surface area (Å²) in [7, 11) is 0. The Hall–Kier alpha value is -1.19. The van der Waals surface area contributed by atoms with Crippen LogP contribution < -0.4 is 0 Å². The molecule has 0 amide bonds. The number of rotatable bonds is 4. The normalized spacial score (nSPS) is 24.9. The van der Waals surface area contributed by atoms with Crippen molar-refractivity contribution in [3.63, 3.8) is 0 Å². The van der Waals surface area contributed by atoms with E-state index in [0.29, 0.717) is 5.92 Å². The average Bonchev–Trinajstić information content (AvgIpc) is 2.81. The van der Waals surface area contributed by atoms with E-state index in [1.54, 1.807) is 0 Å². The number of carbonyl (C=O) groups is 1. The maximum Gasteiger partial charge on any atom is 0.179 e. The van der Waals surface area contributed by atoms with Gasteiger partial charge in [0, 0.05) is 11.6 Å². The lowest BCUT2D eigenvalue weighted by molar-refractivity contribution is 0.0720. The lowest BCUT2D eigenvalue weighted by Crippen LogP contribution is -2.45. The van der Waals surface area contributed by atoms with E-state index in [2.05, 4.69) is 18.7 Å². The summed E-state index contributed by atoms with van der Waals surface area (Å²) in [5.41, 5.74) is 3.13. The van der Waals surface area contributed by atoms with E-state index >= 15 is 0 Å². The van der Waals surface area contributed by atoms with Gasteiger partial charge in [-0.15, -0.1) is 0 Å². The molecule has 1 aromatic carbocycles. The third-order valence-electron chi connectivity index (χ3n) is 4.78. The molecule has 1 fully saturated rings. The predicted molar refractivity (Wildman–Crippen MR) is 81.1 cm³/mol. The Balaban J connectivity index is 2.18. The van der Waals surface area contributed by atoms with Crippen molar-refractivity contribution in [2.24, 2.45) is 5.92 Å². The van der Waals surface area contributed by atoms with Crippen molar-refractivity contribution >= 4 is 5.78 Å². The minimum absolute atomic E-state index is 0.112. The Bertz CT molecular complexity index is 498. The van der Waals surface area contributed by atoms with Crippen LogP contribution in [0.15, 0.2) is 18.2 Å². The fourth-order valence-electron chi connectivity index (χ4n) is 3.09. The quantitative estimate of drug-likeness (QED) is 0.859. The number of benzene rings is 1. The zero-order valence-electron chi connectivity index (χ0n) is 12.9. The number of hydrogen-bond donors (Lipinski definition) is 1. The molecule has 20 heavy (non-hydrogen) atoms. The topological polar surface area (TPSA) is 40.5 Å². The number of nitrogens with zero attached hydrogens (tertiary/aromatic N) is 1. The van der Waals surface area contributed by atoms with E-state index in [-0.39, 0.29) is 24.5 Å². The molecule has 1 heterocycles. The van der Waals surface area contributed by atoms with Crippen LogP contribution in [0.3, 0.4) is 0 Å². The molecule has 0 bridgehead atoms. The molecular formula is C17H25NO2. The molecule has 2 rings (SSSR count). The Labute approximate surface area is 121 Å². The highest BCUT2D eigenvalue weighted by Gasteiger charge is 2.36. The van der Waals surface area contributed by atoms with Crippen LogP contribution in [0, 0.1) is 19.8 Å². The Morgan fingerprint density at radius 1 is 1.40 bits per heavy atom. The highest BCUT2D eigenvalue weighted by atomic mass is 16.3. The van der Waals surface area contributed by atoms with E-state index < -0.39 is 0 Å². The van der Waals surface area contributed by atoms with E-state index in [4.69, 9.17) is 0 Å². The maximum absolute atomic E-state index is 12.6. The summed E-state index contributed by atoms with van der Waals surface area (Å²) in [5, 5.41) is 9.54. The molecule has 110 valence electrons. The Morgan fingerprint density at radius 2 is 2.10 bits per heavy atom. The molecule has 0 saturated carbocycles. The molecule has 3 nitrogen and oxygen atoms in total. The summed E-state index contributed by atoms with van der Waals surface area (Å²) >= 11 is 0. The first-order valence-electron chi connectivity index (χ1n) is 7.43. The van der Waals surface area contributed by atoms with Gasteiger partial charge in [0.25, 0.3) is 0 Å². The summed E-state index contributed by atoms with van der Waals surface area (Å²) in [6.07, 6.45) is 1.05. The molecule has 1 aliphatic heterocycles. The van der Waals surface area contributed by atoms with E-state index in [9.17, 15) is 9.90 Å². The number of aliphatic hydroxyl groups excluding tert-OH is 1. The van der Waals surface area contributed by atoms with Gasteiger partial charge in [-0.1, -0.05) is 19.1 Å². The number of hydrogen-bond acceptors (Lipinski definition) is 3. The second kappa shape index (κ2) is 6.06. The van der Waals surface area contributed by atoms with Crippen molar-refractivity contribution in [1.82, 2.24) is 4.90 Å². The minimum Gasteiger partial charge on any atom is -0.395 e. The van der Waals surface area contributed by atoms with Crippen molar-refractivity contribution in [2.75, 3.05) is 13.2 Å². The van der Waals surface area contributed by atoms with Crippen molar-refractivity contribution in [1.29, 1.82) is 0 Å². The van der Waals surface area contributed by atoms with Crippen molar-refractivity contribution in [3.8, 4) is 0 Å². The van der Waals surface area contributed by atoms with Gasteiger partial charge in [-0.3, -0.25) is 9.69 Å². The third kappa shape index (κ3) is 2.79. The molecule has 0 aliphatic carbocycles. The zero-order valence-corrected chi connectivity index (χ0v) is 12.9. The first-order chi connectivity index (χ1) is 9.45. The molecule has 3 heteroatoms. The number of likely N-dealkylation sites (tertiary alicyclic amines) is 1. The molecule has 1 saturated heterocycles. The van der Waals surface area contributed by atoms with E-state index in [0.717, 1.165) is 24.1 Å². The predicted octanol–water partition coefficient (Wildman–Crippen LogP) is 2.58. The number of aryl methyl sites for hydroxylation is 2. The second-order valence-electron chi connectivity index (χ2n) is 6.09. The lowest BCUT2D eigenvalue weighted by atomic mass is 9.98. The van der Waals surface area contributed by atoms with Crippen LogP contribution >= 0.6 is 0 Å². The van der Waals surface area contributed by atoms with Gasteiger partial charge in [0.05, 0.1) is 12.6 Å². The fourth-order valence-corrected chi connectivity index (χ4v) is 3.09. The second-order valence-corrected chi connectivity index (χ2v) is 6.09. The third-order valence-corrected chi connectivity index (χ3v) is 4.78. The van der Waals surface area contributed by atoms with Crippen molar-refractivity contribution in [2.45, 2.75) is 46.2 Å². The molecule has 1 aromatic rings. The summed E-state index contributed by atoms with van der Waals surface area (Å²) in [5.74, 6) is 0.607. The van der Waals surface area contributed by atoms with Crippen LogP contribution in [-0.2, 0) is 0 Å². The molecule has 0 radical (unpaired) electrons. The summed E-state index contributed by atoms with van der Waals surface area (Å²) in [6, 6.07) is 5.83. The van der Waals surface area contributed by atoms with Crippen molar-refractivity contribution in [3.05, 3.63) is 34.9 Å². The molecule has 0 spiro atoms. The number of carbonyl (C=O) groups excluding carboxylic acids is 1. The molecular weight excluding hydrogens is 250 g/mol. The zero-order chi connectivity index (χ0) is 14.9. The van der Waals surface area contributed by atoms with Gasteiger partial charge in [-0.05, 0) is 56.8 Å². The van der Waals surface area contributed by atoms with E-state index in [1.807, 2.05) is 32.0 Å². The van der Waals surface area contributed by atoms with Gasteiger partial charge < -0.3 is 5.11 Å². The highest BCUT2D eigenvalue weighted by Crippen LogP contribution is 2.27. The molecule has 3 unspecified atom stereocenters. The van der Waals surface area contributed by atoms with Crippen LogP contribution in [-0.4, -0.2) is 41.0 Å². The Morgan fingerprint density at radius 3 is 2.70 bits per heavy atom. The average molecular weight is 275 g/mol. The van der Waals surface area contributed by atoms with Gasteiger partial charge in [0.15, 0.2) is 5.78 Å². The summed E-state index contributed by atoms with van der Waals surface area (Å²) < 4.78 is 0. The largest absolute Gasteiger partial charge is 0.395 e. The maximum atomic E-state index is 12.6. The van der Waals surface area contributed by atoms with Gasteiger partial charge in [-0.25, -0.2) is 0 Å². The van der Waals surface area contributed by atoms with Gasteiger partial charge >= 0.3 is 0 Å². The summed E-state index contributed by atoms with van der Waals surface area (Å²) in [6.45, 7) is 9.21. The van der Waals surface area contributed by atoms with Crippen LogP contribution in [0.5, 0.6) is 0 Å². The standard InChI is InChI=1S/C17H25NO2/c1-11-5-6-15(9-13(11)3)17(20)14(4)18-8-7-12(2)16(18)10-19/h5-6,9,12,14,16,19H,7-8,10H2,1-4H3. The Kier molecular flexibility index (Phi) is 4.61. The van der Waals surface area contributed by atoms with Crippen LogP contribution in [0.25, 0.3) is 0 Å². The molecule has 0 aromatic heterocycles. The van der Waals surface area contributed by atoms with Gasteiger partial charge in [-0.2, -0.15) is 0 Å². The fraction of sp³-hybridized carbons (Fsp3) is 0.588. The first-order valence-corrected chi connectivity index (χ1v) is 7.43. The van der Waals surface area contributed by atoms with Crippen molar-refractivity contribution < 1.29 is 9.90 Å². The molecule has 3 atom stereocenters. The van der Waals surface area contributed by atoms with Gasteiger partial charge in [0.2, 0.25) is 0 Å². The monoisotopic (exact) mass is 275 g/mol. The van der Waals surface area contributed by atoms with Crippen LogP contribution in [0.1, 0.15) is 41.8 Å². The number of Topliss-reactive ketones (excluding diaryl/α,β-unsaturated/α-hetero) is 1. The SMILES string of the molecule is Cc1ccc(C(=O)C(C)N2CCC(C)C2CO)cc1C. The minimum atomic E-state index is -0.167. The highest BCUT2D eigenvalue weighted by molar-refractivity contribution is 6.00. The summed E-state index contributed by atoms with van der Waals surface area (Å²) in [4.78, 5) is 14.8. The van der Waals surface area contributed by atoms with Crippen LogP contribution in [0.4, 0.5) is 0 Å². The van der Waals surface area contributed by atoms with Gasteiger partial charge in [0.1, 0.15) is 0 Å².